The molecule has 0 saturated carbocycles. The average Bonchev–Trinajstić information content (AvgIpc) is 2.32. The molecule has 2 aromatic rings. The molecule has 86 valence electrons. The quantitative estimate of drug-likeness (QED) is 0.724. The lowest BCUT2D eigenvalue weighted by atomic mass is 9.97. The maximum Gasteiger partial charge on any atom is 0.194 e. The third kappa shape index (κ3) is 2.40. The first-order valence-corrected chi connectivity index (χ1v) is 5.84. The number of ketones is 1. The normalized spacial score (nSPS) is 10.3. The maximum atomic E-state index is 12.4. The van der Waals surface area contributed by atoms with Gasteiger partial charge in [0.2, 0.25) is 0 Å². The Kier molecular flexibility index (Phi) is 3.30. The lowest BCUT2D eigenvalue weighted by molar-refractivity contribution is 0.103. The topological polar surface area (TPSA) is 17.1 Å². The molecule has 0 unspecified atom stereocenters. The largest absolute Gasteiger partial charge is 0.289 e. The third-order valence-electron chi connectivity index (χ3n) is 2.76. The summed E-state index contributed by atoms with van der Waals surface area (Å²) in [6.07, 6.45) is 0. The Morgan fingerprint density at radius 3 is 2.41 bits per heavy atom. The van der Waals surface area contributed by atoms with Crippen molar-refractivity contribution in [3.05, 3.63) is 69.7 Å². The van der Waals surface area contributed by atoms with E-state index in [-0.39, 0.29) is 5.78 Å². The molecule has 2 aromatic carbocycles. The van der Waals surface area contributed by atoms with E-state index in [1.54, 1.807) is 12.1 Å². The first-order valence-electron chi connectivity index (χ1n) is 5.46. The fourth-order valence-electron chi connectivity index (χ4n) is 1.77. The van der Waals surface area contributed by atoms with Gasteiger partial charge in [0.05, 0.1) is 5.02 Å². The predicted molar refractivity (Wildman–Crippen MR) is 70.8 cm³/mol. The van der Waals surface area contributed by atoms with Crippen LogP contribution in [0.4, 0.5) is 0 Å². The standard InChI is InChI=1S/C15H13ClO/c1-10-7-8-11(2)13(9-10)15(17)12-5-3-4-6-14(12)16/h3-9H,1-2H3. The Hall–Kier alpha value is -1.60. The van der Waals surface area contributed by atoms with Crippen molar-refractivity contribution in [3.63, 3.8) is 0 Å². The number of carbonyl (C=O) groups excluding carboxylic acids is 1. The summed E-state index contributed by atoms with van der Waals surface area (Å²) < 4.78 is 0. The molecule has 17 heavy (non-hydrogen) atoms. The van der Waals surface area contributed by atoms with Crippen molar-refractivity contribution < 1.29 is 4.79 Å². The fraction of sp³-hybridized carbons (Fsp3) is 0.133. The van der Waals surface area contributed by atoms with Crippen molar-refractivity contribution in [2.24, 2.45) is 0 Å². The summed E-state index contributed by atoms with van der Waals surface area (Å²) in [6, 6.07) is 13.0. The minimum atomic E-state index is -0.0169. The van der Waals surface area contributed by atoms with Crippen LogP contribution in [0.5, 0.6) is 0 Å². The number of rotatable bonds is 2. The molecular weight excluding hydrogens is 232 g/mol. The van der Waals surface area contributed by atoms with Crippen LogP contribution in [0.15, 0.2) is 42.5 Å². The van der Waals surface area contributed by atoms with Crippen LogP contribution in [-0.2, 0) is 0 Å². The third-order valence-corrected chi connectivity index (χ3v) is 3.09. The Morgan fingerprint density at radius 1 is 1.00 bits per heavy atom. The summed E-state index contributed by atoms with van der Waals surface area (Å²) in [5.74, 6) is -0.0169. The van der Waals surface area contributed by atoms with E-state index < -0.39 is 0 Å². The molecule has 0 amide bonds. The monoisotopic (exact) mass is 244 g/mol. The van der Waals surface area contributed by atoms with Crippen molar-refractivity contribution in [1.29, 1.82) is 0 Å². The lowest BCUT2D eigenvalue weighted by Gasteiger charge is -2.07. The molecule has 0 radical (unpaired) electrons. The van der Waals surface area contributed by atoms with Gasteiger partial charge in [0.25, 0.3) is 0 Å². The summed E-state index contributed by atoms with van der Waals surface area (Å²) in [7, 11) is 0. The summed E-state index contributed by atoms with van der Waals surface area (Å²) in [4.78, 5) is 12.4. The average molecular weight is 245 g/mol. The summed E-state index contributed by atoms with van der Waals surface area (Å²) >= 11 is 6.04. The minimum absolute atomic E-state index is 0.0169. The molecule has 0 fully saturated rings. The molecule has 0 saturated heterocycles. The second-order valence-corrected chi connectivity index (χ2v) is 4.53. The van der Waals surface area contributed by atoms with Gasteiger partial charge in [0.1, 0.15) is 0 Å². The van der Waals surface area contributed by atoms with Gasteiger partial charge in [-0.1, -0.05) is 41.4 Å². The van der Waals surface area contributed by atoms with Gasteiger partial charge in [-0.05, 0) is 37.6 Å². The zero-order chi connectivity index (χ0) is 12.4. The summed E-state index contributed by atoms with van der Waals surface area (Å²) in [5, 5.41) is 0.499. The van der Waals surface area contributed by atoms with Gasteiger partial charge in [-0.15, -0.1) is 0 Å². The minimum Gasteiger partial charge on any atom is -0.289 e. The highest BCUT2D eigenvalue weighted by Gasteiger charge is 2.14. The number of carbonyl (C=O) groups is 1. The van der Waals surface area contributed by atoms with E-state index in [0.717, 1.165) is 16.7 Å². The number of hydrogen-bond donors (Lipinski definition) is 0. The van der Waals surface area contributed by atoms with Gasteiger partial charge >= 0.3 is 0 Å². The van der Waals surface area contributed by atoms with Crippen molar-refractivity contribution in [1.82, 2.24) is 0 Å². The van der Waals surface area contributed by atoms with Crippen molar-refractivity contribution in [3.8, 4) is 0 Å². The molecule has 0 spiro atoms. The van der Waals surface area contributed by atoms with Gasteiger partial charge in [-0.2, -0.15) is 0 Å². The van der Waals surface area contributed by atoms with E-state index in [4.69, 9.17) is 11.6 Å². The molecule has 2 rings (SSSR count). The van der Waals surface area contributed by atoms with Crippen LogP contribution in [0.1, 0.15) is 27.0 Å². The fourth-order valence-corrected chi connectivity index (χ4v) is 1.99. The number of halogens is 1. The molecule has 0 aromatic heterocycles. The van der Waals surface area contributed by atoms with Gasteiger partial charge < -0.3 is 0 Å². The SMILES string of the molecule is Cc1ccc(C)c(C(=O)c2ccccc2Cl)c1. The summed E-state index contributed by atoms with van der Waals surface area (Å²) in [6.45, 7) is 3.91. The smallest absolute Gasteiger partial charge is 0.194 e. The Balaban J connectivity index is 2.51. The molecule has 0 aliphatic rings. The second kappa shape index (κ2) is 4.72. The molecule has 2 heteroatoms. The first-order chi connectivity index (χ1) is 8.09. The number of aryl methyl sites for hydroxylation is 2. The van der Waals surface area contributed by atoms with Crippen molar-refractivity contribution >= 4 is 17.4 Å². The van der Waals surface area contributed by atoms with Crippen LogP contribution in [0.2, 0.25) is 5.02 Å². The van der Waals surface area contributed by atoms with Crippen LogP contribution in [0.25, 0.3) is 0 Å². The van der Waals surface area contributed by atoms with E-state index in [2.05, 4.69) is 0 Å². The van der Waals surface area contributed by atoms with Gasteiger partial charge in [0, 0.05) is 11.1 Å². The van der Waals surface area contributed by atoms with Crippen molar-refractivity contribution in [2.75, 3.05) is 0 Å². The van der Waals surface area contributed by atoms with Crippen LogP contribution in [0, 0.1) is 13.8 Å². The van der Waals surface area contributed by atoms with Crippen LogP contribution in [-0.4, -0.2) is 5.78 Å². The lowest BCUT2D eigenvalue weighted by Crippen LogP contribution is -2.04. The van der Waals surface area contributed by atoms with Crippen molar-refractivity contribution in [2.45, 2.75) is 13.8 Å². The molecule has 1 nitrogen and oxygen atoms in total. The highest BCUT2D eigenvalue weighted by atomic mass is 35.5. The van der Waals surface area contributed by atoms with Gasteiger partial charge in [0.15, 0.2) is 5.78 Å². The maximum absolute atomic E-state index is 12.4. The second-order valence-electron chi connectivity index (χ2n) is 4.13. The Bertz CT molecular complexity index is 573. The molecule has 0 aliphatic heterocycles. The molecule has 0 aliphatic carbocycles. The van der Waals surface area contributed by atoms with E-state index in [0.29, 0.717) is 10.6 Å². The van der Waals surface area contributed by atoms with E-state index in [1.165, 1.54) is 0 Å². The number of hydrogen-bond acceptors (Lipinski definition) is 1. The van der Waals surface area contributed by atoms with Gasteiger partial charge in [-0.3, -0.25) is 4.79 Å². The van der Waals surface area contributed by atoms with E-state index >= 15 is 0 Å². The zero-order valence-electron chi connectivity index (χ0n) is 9.83. The molecule has 0 atom stereocenters. The van der Waals surface area contributed by atoms with E-state index in [1.807, 2.05) is 44.2 Å². The Labute approximate surface area is 106 Å². The summed E-state index contributed by atoms with van der Waals surface area (Å²) in [5.41, 5.74) is 3.33. The molecular formula is C15H13ClO. The van der Waals surface area contributed by atoms with Crippen LogP contribution >= 0.6 is 11.6 Å². The molecule has 0 N–H and O–H groups in total. The molecule has 0 heterocycles. The number of benzene rings is 2. The highest BCUT2D eigenvalue weighted by Crippen LogP contribution is 2.21. The molecule has 0 bridgehead atoms. The van der Waals surface area contributed by atoms with Crippen LogP contribution < -0.4 is 0 Å². The zero-order valence-corrected chi connectivity index (χ0v) is 10.6. The van der Waals surface area contributed by atoms with Crippen LogP contribution in [0.3, 0.4) is 0 Å². The predicted octanol–water partition coefficient (Wildman–Crippen LogP) is 4.19. The Morgan fingerprint density at radius 2 is 1.71 bits per heavy atom. The first kappa shape index (κ1) is 11.9. The van der Waals surface area contributed by atoms with E-state index in [9.17, 15) is 4.79 Å². The van der Waals surface area contributed by atoms with Gasteiger partial charge in [-0.25, -0.2) is 0 Å². The highest BCUT2D eigenvalue weighted by molar-refractivity contribution is 6.35.